The summed E-state index contributed by atoms with van der Waals surface area (Å²) in [5.41, 5.74) is -0.101. The Labute approximate surface area is 100 Å². The van der Waals surface area contributed by atoms with Crippen LogP contribution in [0.15, 0.2) is 0 Å². The topological polar surface area (TPSA) is 35.5 Å². The van der Waals surface area contributed by atoms with Crippen molar-refractivity contribution in [2.45, 2.75) is 51.1 Å². The third-order valence-electron chi connectivity index (χ3n) is 4.21. The van der Waals surface area contributed by atoms with Gasteiger partial charge in [0.15, 0.2) is 0 Å². The lowest BCUT2D eigenvalue weighted by Crippen LogP contribution is -2.50. The highest BCUT2D eigenvalue weighted by atomic mass is 16.3. The second-order valence-electron chi connectivity index (χ2n) is 5.79. The normalized spacial score (nSPS) is 27.4. The van der Waals surface area contributed by atoms with Crippen LogP contribution in [0.4, 0.5) is 0 Å². The largest absolute Gasteiger partial charge is 0.394 e. The van der Waals surface area contributed by atoms with Crippen LogP contribution in [0.25, 0.3) is 0 Å². The van der Waals surface area contributed by atoms with Crippen molar-refractivity contribution in [3.63, 3.8) is 0 Å². The van der Waals surface area contributed by atoms with Crippen LogP contribution >= 0.6 is 0 Å². The van der Waals surface area contributed by atoms with Gasteiger partial charge >= 0.3 is 0 Å². The highest BCUT2D eigenvalue weighted by Crippen LogP contribution is 2.26. The van der Waals surface area contributed by atoms with E-state index in [1.165, 1.54) is 25.7 Å². The molecule has 2 atom stereocenters. The van der Waals surface area contributed by atoms with Crippen molar-refractivity contribution < 1.29 is 5.11 Å². The number of nitrogens with zero attached hydrogens (tertiary/aromatic N) is 1. The molecule has 1 rings (SSSR count). The van der Waals surface area contributed by atoms with Crippen LogP contribution in [0.5, 0.6) is 0 Å². The van der Waals surface area contributed by atoms with Gasteiger partial charge in [-0.25, -0.2) is 0 Å². The Bertz CT molecular complexity index is 206. The molecule has 1 fully saturated rings. The molecule has 16 heavy (non-hydrogen) atoms. The van der Waals surface area contributed by atoms with Gasteiger partial charge in [0.2, 0.25) is 0 Å². The molecule has 0 bridgehead atoms. The molecular weight excluding hydrogens is 200 g/mol. The molecule has 1 aliphatic rings. The summed E-state index contributed by atoms with van der Waals surface area (Å²) in [7, 11) is 4.19. The van der Waals surface area contributed by atoms with Gasteiger partial charge in [0.05, 0.1) is 6.61 Å². The number of rotatable bonds is 5. The van der Waals surface area contributed by atoms with Gasteiger partial charge in [-0.05, 0) is 46.7 Å². The molecule has 3 heteroatoms. The first-order valence-electron chi connectivity index (χ1n) is 6.50. The summed E-state index contributed by atoms with van der Waals surface area (Å²) >= 11 is 0. The Balaban J connectivity index is 2.51. The summed E-state index contributed by atoms with van der Waals surface area (Å²) in [4.78, 5) is 2.30. The second-order valence-corrected chi connectivity index (χ2v) is 5.79. The SMILES string of the molecule is CNC1CCCCC1CN(C)C(C)(C)CO. The Morgan fingerprint density at radius 1 is 1.31 bits per heavy atom. The van der Waals surface area contributed by atoms with Crippen LogP contribution < -0.4 is 5.32 Å². The predicted octanol–water partition coefficient (Wildman–Crippen LogP) is 1.47. The monoisotopic (exact) mass is 228 g/mol. The van der Waals surface area contributed by atoms with E-state index in [0.717, 1.165) is 12.5 Å². The number of hydrogen-bond acceptors (Lipinski definition) is 3. The lowest BCUT2D eigenvalue weighted by Gasteiger charge is -2.40. The molecular formula is C13H28N2O. The van der Waals surface area contributed by atoms with Gasteiger partial charge < -0.3 is 10.4 Å². The molecule has 0 aliphatic heterocycles. The average Bonchev–Trinajstić information content (AvgIpc) is 2.29. The maximum absolute atomic E-state index is 9.36. The van der Waals surface area contributed by atoms with Gasteiger partial charge in [0, 0.05) is 18.1 Å². The van der Waals surface area contributed by atoms with Crippen LogP contribution in [0.1, 0.15) is 39.5 Å². The molecule has 0 heterocycles. The number of likely N-dealkylation sites (N-methyl/N-ethyl adjacent to an activating group) is 1. The fourth-order valence-corrected chi connectivity index (χ4v) is 2.53. The Morgan fingerprint density at radius 3 is 2.50 bits per heavy atom. The van der Waals surface area contributed by atoms with Gasteiger partial charge in [-0.3, -0.25) is 4.90 Å². The van der Waals surface area contributed by atoms with Crippen LogP contribution in [0.2, 0.25) is 0 Å². The summed E-state index contributed by atoms with van der Waals surface area (Å²) in [5, 5.41) is 12.8. The molecule has 0 amide bonds. The van der Waals surface area contributed by atoms with Crippen LogP contribution in [-0.4, -0.2) is 48.8 Å². The summed E-state index contributed by atoms with van der Waals surface area (Å²) < 4.78 is 0. The molecule has 0 radical (unpaired) electrons. The van der Waals surface area contributed by atoms with Crippen molar-refractivity contribution >= 4 is 0 Å². The molecule has 96 valence electrons. The quantitative estimate of drug-likeness (QED) is 0.748. The standard InChI is InChI=1S/C13H28N2O/c1-13(2,10-16)15(4)9-11-7-5-6-8-12(11)14-3/h11-12,14,16H,5-10H2,1-4H3. The molecule has 2 unspecified atom stereocenters. The first-order chi connectivity index (χ1) is 7.51. The maximum atomic E-state index is 9.36. The van der Waals surface area contributed by atoms with E-state index in [9.17, 15) is 5.11 Å². The molecule has 1 saturated carbocycles. The average molecular weight is 228 g/mol. The van der Waals surface area contributed by atoms with Gasteiger partial charge in [0.25, 0.3) is 0 Å². The van der Waals surface area contributed by atoms with Crippen molar-refractivity contribution in [1.82, 2.24) is 10.2 Å². The number of hydrogen-bond donors (Lipinski definition) is 2. The van der Waals surface area contributed by atoms with E-state index in [2.05, 4.69) is 38.2 Å². The van der Waals surface area contributed by atoms with Crippen molar-refractivity contribution in [3.8, 4) is 0 Å². The summed E-state index contributed by atoms with van der Waals surface area (Å²) in [6, 6.07) is 0.658. The third kappa shape index (κ3) is 3.44. The molecule has 2 N–H and O–H groups in total. The fourth-order valence-electron chi connectivity index (χ4n) is 2.53. The van der Waals surface area contributed by atoms with Gasteiger partial charge in [-0.15, -0.1) is 0 Å². The number of aliphatic hydroxyl groups is 1. The lowest BCUT2D eigenvalue weighted by molar-refractivity contribution is 0.0548. The van der Waals surface area contributed by atoms with Crippen molar-refractivity contribution in [3.05, 3.63) is 0 Å². The van der Waals surface area contributed by atoms with Gasteiger partial charge in [-0.1, -0.05) is 12.8 Å². The first-order valence-corrected chi connectivity index (χ1v) is 6.50. The summed E-state index contributed by atoms with van der Waals surface area (Å²) in [5.74, 6) is 0.731. The fraction of sp³-hybridized carbons (Fsp3) is 1.00. The molecule has 0 saturated heterocycles. The van der Waals surface area contributed by atoms with Crippen molar-refractivity contribution in [1.29, 1.82) is 0 Å². The minimum atomic E-state index is -0.101. The number of nitrogens with one attached hydrogen (secondary N) is 1. The molecule has 3 nitrogen and oxygen atoms in total. The third-order valence-corrected chi connectivity index (χ3v) is 4.21. The highest BCUT2D eigenvalue weighted by Gasteiger charge is 2.29. The lowest BCUT2D eigenvalue weighted by atomic mass is 9.83. The molecule has 0 spiro atoms. The van der Waals surface area contributed by atoms with Gasteiger partial charge in [0.1, 0.15) is 0 Å². The van der Waals surface area contributed by atoms with E-state index in [4.69, 9.17) is 0 Å². The van der Waals surface area contributed by atoms with E-state index < -0.39 is 0 Å². The highest BCUT2D eigenvalue weighted by molar-refractivity contribution is 4.86. The number of aliphatic hydroxyl groups excluding tert-OH is 1. The van der Waals surface area contributed by atoms with E-state index in [1.54, 1.807) is 0 Å². The zero-order chi connectivity index (χ0) is 12.2. The molecule has 0 aromatic heterocycles. The van der Waals surface area contributed by atoms with Crippen LogP contribution in [0, 0.1) is 5.92 Å². The zero-order valence-corrected chi connectivity index (χ0v) is 11.3. The summed E-state index contributed by atoms with van der Waals surface area (Å²) in [6.07, 6.45) is 5.33. The van der Waals surface area contributed by atoms with E-state index in [-0.39, 0.29) is 12.1 Å². The smallest absolute Gasteiger partial charge is 0.0609 e. The Morgan fingerprint density at radius 2 is 1.94 bits per heavy atom. The molecule has 0 aromatic carbocycles. The zero-order valence-electron chi connectivity index (χ0n) is 11.3. The first kappa shape index (κ1) is 13.9. The van der Waals surface area contributed by atoms with E-state index in [1.807, 2.05) is 0 Å². The minimum absolute atomic E-state index is 0.101. The molecule has 1 aliphatic carbocycles. The van der Waals surface area contributed by atoms with Crippen molar-refractivity contribution in [2.24, 2.45) is 5.92 Å². The second kappa shape index (κ2) is 5.99. The van der Waals surface area contributed by atoms with E-state index in [0.29, 0.717) is 6.04 Å². The minimum Gasteiger partial charge on any atom is -0.394 e. The van der Waals surface area contributed by atoms with E-state index >= 15 is 0 Å². The Kier molecular flexibility index (Phi) is 5.22. The van der Waals surface area contributed by atoms with Gasteiger partial charge in [-0.2, -0.15) is 0 Å². The maximum Gasteiger partial charge on any atom is 0.0609 e. The predicted molar refractivity (Wildman–Crippen MR) is 68.6 cm³/mol. The van der Waals surface area contributed by atoms with Crippen LogP contribution in [0.3, 0.4) is 0 Å². The van der Waals surface area contributed by atoms with Crippen LogP contribution in [-0.2, 0) is 0 Å². The summed E-state index contributed by atoms with van der Waals surface area (Å²) in [6.45, 7) is 5.51. The Hall–Kier alpha value is -0.120. The molecule has 0 aromatic rings. The van der Waals surface area contributed by atoms with Crippen molar-refractivity contribution in [2.75, 3.05) is 27.2 Å².